The van der Waals surface area contributed by atoms with Crippen LogP contribution in [-0.4, -0.2) is 40.1 Å². The molecule has 3 amide bonds. The molecule has 290 valence electrons. The minimum Gasteiger partial charge on any atom is -0.496 e. The van der Waals surface area contributed by atoms with Crippen LogP contribution in [0.25, 0.3) is 20.9 Å². The van der Waals surface area contributed by atoms with Crippen LogP contribution >= 0.6 is 22.7 Å². The van der Waals surface area contributed by atoms with Gasteiger partial charge in [0.05, 0.1) is 39.5 Å². The van der Waals surface area contributed by atoms with Crippen molar-refractivity contribution in [1.82, 2.24) is 15.4 Å². The highest BCUT2D eigenvalue weighted by Crippen LogP contribution is 2.45. The Morgan fingerprint density at radius 3 is 2.09 bits per heavy atom. The highest BCUT2D eigenvalue weighted by molar-refractivity contribution is 7.19. The average molecular weight is 810 g/mol. The SMILES string of the molecule is COc1cc(N=C(NO)c2cccc3c2CCCc2nc(NC(=O)c4c(C)cccc4F)sc2-3)cc2c1CCCc1nc(NC(=O)Nc3c(F)cccc3F)sc1-2. The predicted octanol–water partition coefficient (Wildman–Crippen LogP) is 9.60. The van der Waals surface area contributed by atoms with E-state index in [0.29, 0.717) is 53.4 Å². The molecule has 11 nitrogen and oxygen atoms in total. The summed E-state index contributed by atoms with van der Waals surface area (Å²) in [7, 11) is 1.57. The van der Waals surface area contributed by atoms with E-state index in [1.807, 2.05) is 24.3 Å². The van der Waals surface area contributed by atoms with E-state index in [1.54, 1.807) is 32.2 Å². The number of anilines is 3. The molecule has 0 saturated carbocycles. The summed E-state index contributed by atoms with van der Waals surface area (Å²) in [6.45, 7) is 1.68. The number of benzene rings is 4. The zero-order valence-electron chi connectivity index (χ0n) is 30.6. The number of hydrogen-bond donors (Lipinski definition) is 5. The Morgan fingerprint density at radius 2 is 1.40 bits per heavy atom. The minimum atomic E-state index is -0.904. The van der Waals surface area contributed by atoms with Crippen molar-refractivity contribution >= 4 is 62.1 Å². The maximum absolute atomic E-state index is 14.6. The summed E-state index contributed by atoms with van der Waals surface area (Å²) in [6.07, 6.45) is 4.10. The van der Waals surface area contributed by atoms with Crippen molar-refractivity contribution in [3.05, 3.63) is 123 Å². The summed E-state index contributed by atoms with van der Waals surface area (Å²) in [6, 6.07) is 16.3. The summed E-state index contributed by atoms with van der Waals surface area (Å²) in [4.78, 5) is 41.8. The standard InChI is InChI=1S/C41H34F3N7O4S2/c1-20-8-3-13-27(42)33(20)38(52)49-40-46-30-16-5-9-22-24(35(30)56-40)11-4-12-25(22)37(51-54)45-21-18-26-23(32(19-21)55-2)10-6-17-31-36(26)57-41(47-31)50-39(53)48-34-28(43)14-7-15-29(34)44/h3-4,7-8,11-15,18-19,54H,5-6,9-10,16-17H2,1-2H3,(H,45,51)(H,46,49,52)(H2,47,48,50,53). The number of carbonyl (C=O) groups is 2. The van der Waals surface area contributed by atoms with Crippen molar-refractivity contribution in [1.29, 1.82) is 0 Å². The third kappa shape index (κ3) is 7.46. The molecule has 0 aliphatic heterocycles. The molecule has 57 heavy (non-hydrogen) atoms. The number of thiazole rings is 2. The number of aromatic nitrogens is 2. The van der Waals surface area contributed by atoms with Crippen LogP contribution in [0.3, 0.4) is 0 Å². The molecule has 0 atom stereocenters. The minimum absolute atomic E-state index is 0.0274. The van der Waals surface area contributed by atoms with Gasteiger partial charge < -0.3 is 10.1 Å². The summed E-state index contributed by atoms with van der Waals surface area (Å²) >= 11 is 2.53. The first kappa shape index (κ1) is 37.8. The first-order valence-electron chi connectivity index (χ1n) is 18.0. The Morgan fingerprint density at radius 1 is 0.772 bits per heavy atom. The van der Waals surface area contributed by atoms with Gasteiger partial charge in [-0.1, -0.05) is 59.1 Å². The van der Waals surface area contributed by atoms with Crippen LogP contribution in [0.15, 0.2) is 71.7 Å². The number of amidine groups is 1. The molecule has 5 N–H and O–H groups in total. The van der Waals surface area contributed by atoms with Crippen LogP contribution in [0, 0.1) is 24.4 Å². The fourth-order valence-electron chi connectivity index (χ4n) is 7.28. The molecule has 4 aromatic carbocycles. The second kappa shape index (κ2) is 15.8. The van der Waals surface area contributed by atoms with Gasteiger partial charge in [0.15, 0.2) is 16.1 Å². The summed E-state index contributed by atoms with van der Waals surface area (Å²) in [5.74, 6) is -2.20. The Balaban J connectivity index is 1.11. The van der Waals surface area contributed by atoms with Crippen molar-refractivity contribution in [2.45, 2.75) is 45.4 Å². The number of fused-ring (bicyclic) bond motifs is 6. The molecule has 2 aromatic heterocycles. The maximum atomic E-state index is 14.6. The van der Waals surface area contributed by atoms with E-state index in [2.05, 4.69) is 26.4 Å². The van der Waals surface area contributed by atoms with Crippen molar-refractivity contribution < 1.29 is 32.7 Å². The quantitative estimate of drug-likeness (QED) is 0.0613. The molecule has 0 unspecified atom stereocenters. The molecule has 0 spiro atoms. The molecular formula is C41H34F3N7O4S2. The second-order valence-electron chi connectivity index (χ2n) is 13.4. The highest BCUT2D eigenvalue weighted by Gasteiger charge is 2.27. The first-order chi connectivity index (χ1) is 27.6. The fraction of sp³-hybridized carbons (Fsp3) is 0.195. The normalized spacial score (nSPS) is 13.3. The number of nitrogens with zero attached hydrogens (tertiary/aromatic N) is 3. The molecule has 2 aliphatic rings. The Hall–Kier alpha value is -6.10. The molecule has 0 radical (unpaired) electrons. The summed E-state index contributed by atoms with van der Waals surface area (Å²) in [5.41, 5.74) is 8.48. The van der Waals surface area contributed by atoms with Gasteiger partial charge >= 0.3 is 6.03 Å². The van der Waals surface area contributed by atoms with Gasteiger partial charge in [0.1, 0.15) is 28.9 Å². The number of aliphatic imine (C=N–C) groups is 1. The van der Waals surface area contributed by atoms with Crippen LogP contribution in [0.4, 0.5) is 39.6 Å². The number of nitrogens with one attached hydrogen (secondary N) is 4. The van der Waals surface area contributed by atoms with Crippen molar-refractivity contribution in [3.63, 3.8) is 0 Å². The zero-order chi connectivity index (χ0) is 39.8. The number of ether oxygens (including phenoxy) is 1. The highest BCUT2D eigenvalue weighted by atomic mass is 32.1. The van der Waals surface area contributed by atoms with Crippen molar-refractivity contribution in [3.8, 4) is 26.6 Å². The predicted molar refractivity (Wildman–Crippen MR) is 215 cm³/mol. The summed E-state index contributed by atoms with van der Waals surface area (Å²) in [5, 5.41) is 18.8. The lowest BCUT2D eigenvalue weighted by molar-refractivity contribution is 0.102. The number of amides is 3. The molecule has 2 heterocycles. The number of methoxy groups -OCH3 is 1. The lowest BCUT2D eigenvalue weighted by atomic mass is 9.97. The number of para-hydroxylation sites is 1. The molecular weight excluding hydrogens is 776 g/mol. The average Bonchev–Trinajstić information content (AvgIpc) is 3.67. The molecule has 6 aromatic rings. The number of hydroxylamine groups is 1. The first-order valence-corrected chi connectivity index (χ1v) is 19.7. The third-order valence-corrected chi connectivity index (χ3v) is 11.9. The van der Waals surface area contributed by atoms with E-state index in [0.717, 1.165) is 68.4 Å². The fourth-order valence-corrected chi connectivity index (χ4v) is 9.39. The van der Waals surface area contributed by atoms with E-state index in [9.17, 15) is 28.0 Å². The number of rotatable bonds is 7. The number of carbonyl (C=O) groups excluding carboxylic acids is 2. The van der Waals surface area contributed by atoms with Gasteiger partial charge in [-0.25, -0.2) is 32.9 Å². The van der Waals surface area contributed by atoms with Crippen LogP contribution in [-0.2, 0) is 25.7 Å². The molecule has 0 bridgehead atoms. The number of hydrogen-bond acceptors (Lipinski definition) is 9. The molecule has 0 fully saturated rings. The smallest absolute Gasteiger partial charge is 0.325 e. The van der Waals surface area contributed by atoms with Crippen LogP contribution in [0.2, 0.25) is 0 Å². The van der Waals surface area contributed by atoms with E-state index in [4.69, 9.17) is 14.7 Å². The number of aryl methyl sites for hydroxylation is 3. The Bertz CT molecular complexity index is 2570. The molecule has 8 rings (SSSR count). The van der Waals surface area contributed by atoms with Gasteiger partial charge in [-0.05, 0) is 86.4 Å². The molecule has 0 saturated heterocycles. The molecule has 2 aliphatic carbocycles. The van der Waals surface area contributed by atoms with E-state index >= 15 is 0 Å². The second-order valence-corrected chi connectivity index (χ2v) is 15.4. The van der Waals surface area contributed by atoms with Gasteiger partial charge in [0, 0.05) is 22.8 Å². The van der Waals surface area contributed by atoms with Crippen LogP contribution in [0.1, 0.15) is 56.8 Å². The van der Waals surface area contributed by atoms with Gasteiger partial charge in [0.2, 0.25) is 0 Å². The number of halogens is 3. The van der Waals surface area contributed by atoms with Gasteiger partial charge in [-0.2, -0.15) is 0 Å². The summed E-state index contributed by atoms with van der Waals surface area (Å²) < 4.78 is 48.8. The van der Waals surface area contributed by atoms with E-state index in [1.165, 1.54) is 34.8 Å². The third-order valence-electron chi connectivity index (χ3n) is 9.85. The maximum Gasteiger partial charge on any atom is 0.325 e. The van der Waals surface area contributed by atoms with E-state index < -0.39 is 35.1 Å². The van der Waals surface area contributed by atoms with Crippen LogP contribution in [0.5, 0.6) is 5.75 Å². The van der Waals surface area contributed by atoms with Gasteiger partial charge in [-0.3, -0.25) is 26.1 Å². The van der Waals surface area contributed by atoms with Crippen molar-refractivity contribution in [2.75, 3.05) is 23.1 Å². The Labute approximate surface area is 332 Å². The topological polar surface area (TPSA) is 150 Å². The van der Waals surface area contributed by atoms with Crippen LogP contribution < -0.4 is 26.2 Å². The molecule has 16 heteroatoms. The zero-order valence-corrected chi connectivity index (χ0v) is 32.2. The van der Waals surface area contributed by atoms with Crippen molar-refractivity contribution in [2.24, 2.45) is 4.99 Å². The lowest BCUT2D eigenvalue weighted by Crippen LogP contribution is -2.22. The lowest BCUT2D eigenvalue weighted by Gasteiger charge is -2.16. The van der Waals surface area contributed by atoms with Gasteiger partial charge in [0.25, 0.3) is 5.91 Å². The largest absolute Gasteiger partial charge is 0.496 e. The van der Waals surface area contributed by atoms with Gasteiger partial charge in [-0.15, -0.1) is 0 Å². The Kier molecular flexibility index (Phi) is 10.5. The number of urea groups is 1. The monoisotopic (exact) mass is 809 g/mol. The van der Waals surface area contributed by atoms with E-state index in [-0.39, 0.29) is 16.5 Å².